The number of aryl methyl sites for hydroxylation is 2. The van der Waals surface area contributed by atoms with E-state index in [4.69, 9.17) is 15.5 Å². The van der Waals surface area contributed by atoms with E-state index in [1.165, 1.54) is 12.1 Å². The number of hydrogen-bond acceptors (Lipinski definition) is 5. The molecule has 0 spiro atoms. The maximum absolute atomic E-state index is 14.0. The van der Waals surface area contributed by atoms with E-state index >= 15 is 0 Å². The first-order chi connectivity index (χ1) is 14.5. The molecule has 8 heteroatoms. The largest absolute Gasteiger partial charge is 0.485 e. The summed E-state index contributed by atoms with van der Waals surface area (Å²) in [6.45, 7) is 4.85. The Balaban J connectivity index is 1.78. The molecule has 0 atom stereocenters. The predicted octanol–water partition coefficient (Wildman–Crippen LogP) is 3.66. The van der Waals surface area contributed by atoms with Crippen LogP contribution in [0.5, 0.6) is 5.75 Å². The number of aromatic nitrogens is 5. The topological polar surface area (TPSA) is 83.8 Å². The molecule has 2 bridgehead atoms. The van der Waals surface area contributed by atoms with Crippen molar-refractivity contribution >= 4 is 5.82 Å². The van der Waals surface area contributed by atoms with Crippen molar-refractivity contribution in [1.29, 1.82) is 0 Å². The van der Waals surface area contributed by atoms with Gasteiger partial charge in [-0.05, 0) is 38.1 Å². The number of hydrogen-bond donors (Lipinski definition) is 1. The van der Waals surface area contributed by atoms with E-state index in [9.17, 15) is 4.39 Å². The quantitative estimate of drug-likeness (QED) is 0.523. The number of nitrogens with zero attached hydrogens (tertiary/aromatic N) is 5. The minimum Gasteiger partial charge on any atom is -0.485 e. The second-order valence-corrected chi connectivity index (χ2v) is 7.35. The van der Waals surface area contributed by atoms with Crippen LogP contribution in [0.4, 0.5) is 10.2 Å². The highest BCUT2D eigenvalue weighted by molar-refractivity contribution is 5.67. The molecule has 7 nitrogen and oxygen atoms in total. The van der Waals surface area contributed by atoms with Gasteiger partial charge in [0.1, 0.15) is 18.2 Å². The average Bonchev–Trinajstić information content (AvgIpc) is 3.30. The van der Waals surface area contributed by atoms with Crippen LogP contribution in [0.15, 0.2) is 42.9 Å². The average molecular weight is 404 g/mol. The number of fused-ring (bicyclic) bond motifs is 7. The summed E-state index contributed by atoms with van der Waals surface area (Å²) < 4.78 is 24.0. The lowest BCUT2D eigenvalue weighted by molar-refractivity contribution is 0.306. The molecule has 5 rings (SSSR count). The number of ether oxygens (including phenoxy) is 1. The molecular weight excluding hydrogens is 383 g/mol. The lowest BCUT2D eigenvalue weighted by Gasteiger charge is -2.17. The zero-order valence-corrected chi connectivity index (χ0v) is 16.8. The summed E-state index contributed by atoms with van der Waals surface area (Å²) in [4.78, 5) is 9.06. The zero-order valence-electron chi connectivity index (χ0n) is 16.8. The second-order valence-electron chi connectivity index (χ2n) is 7.35. The Kier molecular flexibility index (Phi) is 4.27. The van der Waals surface area contributed by atoms with Gasteiger partial charge in [-0.3, -0.25) is 4.68 Å². The maximum Gasteiger partial charge on any atom is 0.166 e. The summed E-state index contributed by atoms with van der Waals surface area (Å²) in [5.41, 5.74) is 11.3. The molecule has 0 saturated carbocycles. The van der Waals surface area contributed by atoms with Crippen LogP contribution in [-0.2, 0) is 19.6 Å². The van der Waals surface area contributed by atoms with Crippen molar-refractivity contribution in [3.63, 3.8) is 0 Å². The molecule has 1 aliphatic heterocycles. The fourth-order valence-electron chi connectivity index (χ4n) is 3.94. The van der Waals surface area contributed by atoms with E-state index < -0.39 is 0 Å². The Morgan fingerprint density at radius 2 is 2.07 bits per heavy atom. The van der Waals surface area contributed by atoms with Crippen LogP contribution in [0.25, 0.3) is 16.9 Å². The monoisotopic (exact) mass is 404 g/mol. The third-order valence-electron chi connectivity index (χ3n) is 5.30. The highest BCUT2D eigenvalue weighted by Crippen LogP contribution is 2.33. The number of benzene rings is 1. The summed E-state index contributed by atoms with van der Waals surface area (Å²) >= 11 is 0. The highest BCUT2D eigenvalue weighted by Gasteiger charge is 2.20. The number of halogens is 1. The Morgan fingerprint density at radius 3 is 2.90 bits per heavy atom. The zero-order chi connectivity index (χ0) is 20.8. The molecular formula is C22H21FN6O. The SMILES string of the molecule is CCn1ncc2c1-c1cnc(N)c(c1)OCc1cc(F)ccc1-n1cc(C)nc1C2. The van der Waals surface area contributed by atoms with Crippen LogP contribution < -0.4 is 10.5 Å². The molecule has 3 aromatic heterocycles. The van der Waals surface area contributed by atoms with Gasteiger partial charge >= 0.3 is 0 Å². The maximum atomic E-state index is 14.0. The van der Waals surface area contributed by atoms with Gasteiger partial charge in [0.25, 0.3) is 0 Å². The molecule has 1 aromatic carbocycles. The molecule has 2 N–H and O–H groups in total. The molecule has 4 aromatic rings. The van der Waals surface area contributed by atoms with Gasteiger partial charge in [-0.1, -0.05) is 0 Å². The Bertz CT molecular complexity index is 1260. The summed E-state index contributed by atoms with van der Waals surface area (Å²) in [6, 6.07) is 6.54. The van der Waals surface area contributed by atoms with Gasteiger partial charge in [0.15, 0.2) is 11.6 Å². The van der Waals surface area contributed by atoms with Gasteiger partial charge < -0.3 is 15.0 Å². The molecule has 0 aliphatic carbocycles. The van der Waals surface area contributed by atoms with Gasteiger partial charge in [-0.15, -0.1) is 0 Å². The van der Waals surface area contributed by atoms with Gasteiger partial charge in [-0.2, -0.15) is 5.10 Å². The second kappa shape index (κ2) is 6.98. The van der Waals surface area contributed by atoms with Crippen LogP contribution in [0.3, 0.4) is 0 Å². The van der Waals surface area contributed by atoms with Crippen molar-refractivity contribution in [3.05, 3.63) is 71.3 Å². The third-order valence-corrected chi connectivity index (χ3v) is 5.30. The van der Waals surface area contributed by atoms with Crippen molar-refractivity contribution in [3.8, 4) is 22.7 Å². The lowest BCUT2D eigenvalue weighted by Crippen LogP contribution is -2.10. The fraction of sp³-hybridized carbons (Fsp3) is 0.227. The Labute approximate surface area is 173 Å². The van der Waals surface area contributed by atoms with E-state index in [0.717, 1.165) is 34.0 Å². The van der Waals surface area contributed by atoms with Gasteiger partial charge in [0.2, 0.25) is 0 Å². The summed E-state index contributed by atoms with van der Waals surface area (Å²) in [6.07, 6.45) is 6.12. The number of rotatable bonds is 1. The van der Waals surface area contributed by atoms with E-state index in [0.29, 0.717) is 24.3 Å². The van der Waals surface area contributed by atoms with Crippen LogP contribution in [0, 0.1) is 12.7 Å². The number of pyridine rings is 1. The number of anilines is 1. The van der Waals surface area contributed by atoms with Crippen LogP contribution in [-0.4, -0.2) is 24.3 Å². The molecule has 1 aliphatic rings. The predicted molar refractivity (Wildman–Crippen MR) is 111 cm³/mol. The normalized spacial score (nSPS) is 12.8. The fourth-order valence-corrected chi connectivity index (χ4v) is 3.94. The minimum atomic E-state index is -0.325. The summed E-state index contributed by atoms with van der Waals surface area (Å²) in [5, 5.41) is 4.55. The molecule has 0 saturated heterocycles. The summed E-state index contributed by atoms with van der Waals surface area (Å²) in [5.74, 6) is 1.27. The molecule has 152 valence electrons. The van der Waals surface area contributed by atoms with Gasteiger partial charge in [0, 0.05) is 42.0 Å². The van der Waals surface area contributed by atoms with E-state index in [1.807, 2.05) is 41.6 Å². The van der Waals surface area contributed by atoms with Crippen molar-refractivity contribution in [2.24, 2.45) is 0 Å². The van der Waals surface area contributed by atoms with Gasteiger partial charge in [-0.25, -0.2) is 14.4 Å². The van der Waals surface area contributed by atoms with E-state index in [2.05, 4.69) is 10.1 Å². The molecule has 0 amide bonds. The van der Waals surface area contributed by atoms with Crippen molar-refractivity contribution < 1.29 is 9.13 Å². The lowest BCUT2D eigenvalue weighted by atomic mass is 10.1. The molecule has 0 radical (unpaired) electrons. The van der Waals surface area contributed by atoms with Crippen LogP contribution in [0.1, 0.15) is 29.6 Å². The molecule has 0 unspecified atom stereocenters. The number of imidazole rings is 1. The summed E-state index contributed by atoms with van der Waals surface area (Å²) in [7, 11) is 0. The first-order valence-electron chi connectivity index (χ1n) is 9.80. The first-order valence-corrected chi connectivity index (χ1v) is 9.80. The number of nitrogen functional groups attached to an aromatic ring is 1. The minimum absolute atomic E-state index is 0.152. The van der Waals surface area contributed by atoms with Gasteiger partial charge in [0.05, 0.1) is 23.3 Å². The Morgan fingerprint density at radius 1 is 1.20 bits per heavy atom. The standard InChI is InChI=1S/C22H21FN6O/c1-3-29-21-14-7-19(22(24)25-9-14)30-12-16-6-17(23)4-5-18(16)28-11-13(2)27-20(28)8-15(21)10-26-29/h4-7,9-11H,3,8,12H2,1-2H3,(H2,24,25). The number of nitrogens with two attached hydrogens (primary N) is 1. The van der Waals surface area contributed by atoms with Crippen molar-refractivity contribution in [2.75, 3.05) is 5.73 Å². The molecule has 30 heavy (non-hydrogen) atoms. The van der Waals surface area contributed by atoms with E-state index in [-0.39, 0.29) is 18.2 Å². The van der Waals surface area contributed by atoms with Crippen LogP contribution >= 0.6 is 0 Å². The molecule has 0 fully saturated rings. The molecule has 4 heterocycles. The third kappa shape index (κ3) is 3.01. The smallest absolute Gasteiger partial charge is 0.166 e. The van der Waals surface area contributed by atoms with Crippen molar-refractivity contribution in [1.82, 2.24) is 24.3 Å². The van der Waals surface area contributed by atoms with Crippen molar-refractivity contribution in [2.45, 2.75) is 33.4 Å². The van der Waals surface area contributed by atoms with E-state index in [1.54, 1.807) is 12.3 Å². The highest BCUT2D eigenvalue weighted by atomic mass is 19.1. The first kappa shape index (κ1) is 18.4. The van der Waals surface area contributed by atoms with Crippen LogP contribution in [0.2, 0.25) is 0 Å². The Hall–Kier alpha value is -3.68.